The average molecular weight is 347 g/mol. The molecule has 0 spiro atoms. The Morgan fingerprint density at radius 1 is 1.04 bits per heavy atom. The number of carbonyl (C=O) groups is 1. The molecule has 2 heterocycles. The minimum absolute atomic E-state index is 0.0747. The first-order valence-corrected chi connectivity index (χ1v) is 8.79. The Hall–Kier alpha value is -2.95. The largest absolute Gasteiger partial charge is 0.339 e. The summed E-state index contributed by atoms with van der Waals surface area (Å²) in [4.78, 5) is 18.9. The van der Waals surface area contributed by atoms with E-state index in [9.17, 15) is 4.79 Å². The van der Waals surface area contributed by atoms with Crippen LogP contribution in [0.15, 0.2) is 47.0 Å². The predicted molar refractivity (Wildman–Crippen MR) is 100 cm³/mol. The second-order valence-electron chi connectivity index (χ2n) is 7.08. The van der Waals surface area contributed by atoms with Gasteiger partial charge in [0, 0.05) is 24.2 Å². The molecule has 0 saturated carbocycles. The number of carbonyl (C=O) groups excluding carboxylic acids is 1. The molecule has 1 aliphatic heterocycles. The number of rotatable bonds is 3. The molecule has 2 aromatic carbocycles. The lowest BCUT2D eigenvalue weighted by atomic mass is 10.1. The van der Waals surface area contributed by atoms with Gasteiger partial charge in [0.25, 0.3) is 0 Å². The molecule has 1 fully saturated rings. The molecule has 26 heavy (non-hydrogen) atoms. The highest BCUT2D eigenvalue weighted by atomic mass is 16.5. The number of amides is 1. The lowest BCUT2D eigenvalue weighted by Gasteiger charge is -2.17. The Morgan fingerprint density at radius 3 is 2.54 bits per heavy atom. The van der Waals surface area contributed by atoms with Crippen molar-refractivity contribution >= 4 is 11.6 Å². The van der Waals surface area contributed by atoms with Crippen LogP contribution in [0, 0.1) is 20.8 Å². The highest BCUT2D eigenvalue weighted by Gasteiger charge is 2.35. The van der Waals surface area contributed by atoms with Crippen molar-refractivity contribution in [2.75, 3.05) is 11.4 Å². The molecular weight excluding hydrogens is 326 g/mol. The Kier molecular flexibility index (Phi) is 4.07. The summed E-state index contributed by atoms with van der Waals surface area (Å²) in [5, 5.41) is 4.11. The third-order valence-corrected chi connectivity index (χ3v) is 4.71. The van der Waals surface area contributed by atoms with Crippen LogP contribution in [0.5, 0.6) is 0 Å². The van der Waals surface area contributed by atoms with Crippen molar-refractivity contribution in [1.82, 2.24) is 10.1 Å². The molecule has 1 amide bonds. The van der Waals surface area contributed by atoms with Crippen molar-refractivity contribution in [2.45, 2.75) is 33.1 Å². The van der Waals surface area contributed by atoms with E-state index in [4.69, 9.17) is 4.52 Å². The molecule has 3 aromatic rings. The van der Waals surface area contributed by atoms with E-state index in [2.05, 4.69) is 16.2 Å². The first-order chi connectivity index (χ1) is 12.5. The van der Waals surface area contributed by atoms with Crippen molar-refractivity contribution in [3.8, 4) is 11.4 Å². The van der Waals surface area contributed by atoms with E-state index >= 15 is 0 Å². The van der Waals surface area contributed by atoms with Gasteiger partial charge in [0.05, 0.1) is 5.92 Å². The Bertz CT molecular complexity index is 957. The van der Waals surface area contributed by atoms with Gasteiger partial charge in [-0.05, 0) is 50.1 Å². The van der Waals surface area contributed by atoms with Crippen LogP contribution in [0.1, 0.15) is 34.9 Å². The van der Waals surface area contributed by atoms with E-state index in [-0.39, 0.29) is 11.8 Å². The monoisotopic (exact) mass is 347 g/mol. The fourth-order valence-electron chi connectivity index (χ4n) is 3.53. The van der Waals surface area contributed by atoms with E-state index in [0.717, 1.165) is 27.9 Å². The second kappa shape index (κ2) is 6.41. The smallest absolute Gasteiger partial charge is 0.232 e. The summed E-state index contributed by atoms with van der Waals surface area (Å²) < 4.78 is 5.48. The van der Waals surface area contributed by atoms with Gasteiger partial charge in [0.2, 0.25) is 17.6 Å². The van der Waals surface area contributed by atoms with Gasteiger partial charge >= 0.3 is 0 Å². The van der Waals surface area contributed by atoms with Gasteiger partial charge in [0.1, 0.15) is 0 Å². The zero-order chi connectivity index (χ0) is 18.3. The molecule has 0 bridgehead atoms. The van der Waals surface area contributed by atoms with E-state index in [0.29, 0.717) is 24.7 Å². The standard InChI is InChI=1S/C21H21N3O2/c1-13-5-4-6-16(8-13)20-22-21(26-23-20)17-11-19(25)24(12-17)18-9-14(2)7-15(3)10-18/h4-10,17H,11-12H2,1-3H3/t17-/m0/s1. The minimum Gasteiger partial charge on any atom is -0.339 e. The van der Waals surface area contributed by atoms with Gasteiger partial charge in [-0.2, -0.15) is 4.98 Å². The molecule has 0 aliphatic carbocycles. The number of aromatic nitrogens is 2. The molecule has 1 aliphatic rings. The quantitative estimate of drug-likeness (QED) is 0.713. The first kappa shape index (κ1) is 16.5. The molecule has 1 atom stereocenters. The molecule has 0 N–H and O–H groups in total. The second-order valence-corrected chi connectivity index (χ2v) is 7.08. The SMILES string of the molecule is Cc1cccc(-c2noc([C@H]3CC(=O)N(c4cc(C)cc(C)c4)C3)n2)c1. The summed E-state index contributed by atoms with van der Waals surface area (Å²) in [5.41, 5.74) is 5.31. The van der Waals surface area contributed by atoms with Crippen LogP contribution in [-0.4, -0.2) is 22.6 Å². The van der Waals surface area contributed by atoms with Crippen molar-refractivity contribution in [3.05, 3.63) is 65.0 Å². The number of hydrogen-bond donors (Lipinski definition) is 0. The van der Waals surface area contributed by atoms with E-state index < -0.39 is 0 Å². The maximum atomic E-state index is 12.5. The van der Waals surface area contributed by atoms with Crippen LogP contribution in [0.25, 0.3) is 11.4 Å². The minimum atomic E-state index is -0.0747. The highest BCUT2D eigenvalue weighted by molar-refractivity contribution is 5.96. The molecular formula is C21H21N3O2. The lowest BCUT2D eigenvalue weighted by Crippen LogP contribution is -2.24. The van der Waals surface area contributed by atoms with Crippen LogP contribution in [0.2, 0.25) is 0 Å². The normalized spacial score (nSPS) is 17.1. The van der Waals surface area contributed by atoms with Gasteiger partial charge in [0.15, 0.2) is 0 Å². The maximum Gasteiger partial charge on any atom is 0.232 e. The average Bonchev–Trinajstić information content (AvgIpc) is 3.20. The van der Waals surface area contributed by atoms with E-state index in [1.54, 1.807) is 0 Å². The molecule has 0 unspecified atom stereocenters. The van der Waals surface area contributed by atoms with Crippen molar-refractivity contribution in [2.24, 2.45) is 0 Å². The predicted octanol–water partition coefficient (Wildman–Crippen LogP) is 4.18. The summed E-state index contributed by atoms with van der Waals surface area (Å²) in [6.07, 6.45) is 0.391. The van der Waals surface area contributed by atoms with Crippen molar-refractivity contribution in [1.29, 1.82) is 0 Å². The summed E-state index contributed by atoms with van der Waals surface area (Å²) in [5.74, 6) is 1.12. The lowest BCUT2D eigenvalue weighted by molar-refractivity contribution is -0.117. The summed E-state index contributed by atoms with van der Waals surface area (Å²) in [6.45, 7) is 6.68. The van der Waals surface area contributed by atoms with Crippen LogP contribution >= 0.6 is 0 Å². The molecule has 132 valence electrons. The molecule has 5 nitrogen and oxygen atoms in total. The van der Waals surface area contributed by atoms with Crippen LogP contribution < -0.4 is 4.90 Å². The fourth-order valence-corrected chi connectivity index (χ4v) is 3.53. The van der Waals surface area contributed by atoms with Crippen molar-refractivity contribution < 1.29 is 9.32 Å². The molecule has 0 radical (unpaired) electrons. The van der Waals surface area contributed by atoms with Crippen molar-refractivity contribution in [3.63, 3.8) is 0 Å². The van der Waals surface area contributed by atoms with Gasteiger partial charge in [-0.15, -0.1) is 0 Å². The summed E-state index contributed by atoms with van der Waals surface area (Å²) >= 11 is 0. The fraction of sp³-hybridized carbons (Fsp3) is 0.286. The Morgan fingerprint density at radius 2 is 1.81 bits per heavy atom. The zero-order valence-corrected chi connectivity index (χ0v) is 15.2. The molecule has 1 saturated heterocycles. The summed E-state index contributed by atoms with van der Waals surface area (Å²) in [7, 11) is 0. The van der Waals surface area contributed by atoms with Gasteiger partial charge in [-0.1, -0.05) is 35.0 Å². The van der Waals surface area contributed by atoms with Crippen LogP contribution in [-0.2, 0) is 4.79 Å². The Labute approximate surface area is 152 Å². The number of benzene rings is 2. The van der Waals surface area contributed by atoms with E-state index in [1.165, 1.54) is 0 Å². The summed E-state index contributed by atoms with van der Waals surface area (Å²) in [6, 6.07) is 14.2. The molecule has 5 heteroatoms. The Balaban J connectivity index is 1.58. The highest BCUT2D eigenvalue weighted by Crippen LogP contribution is 2.32. The number of anilines is 1. The number of hydrogen-bond acceptors (Lipinski definition) is 4. The van der Waals surface area contributed by atoms with Crippen LogP contribution in [0.3, 0.4) is 0 Å². The van der Waals surface area contributed by atoms with Gasteiger partial charge in [-0.3, -0.25) is 4.79 Å². The third-order valence-electron chi connectivity index (χ3n) is 4.71. The third kappa shape index (κ3) is 3.12. The molecule has 1 aromatic heterocycles. The number of nitrogens with zero attached hydrogens (tertiary/aromatic N) is 3. The number of aryl methyl sites for hydroxylation is 3. The van der Waals surface area contributed by atoms with Gasteiger partial charge < -0.3 is 9.42 Å². The molecule has 4 rings (SSSR count). The van der Waals surface area contributed by atoms with Gasteiger partial charge in [-0.25, -0.2) is 0 Å². The van der Waals surface area contributed by atoms with E-state index in [1.807, 2.05) is 62.1 Å². The van der Waals surface area contributed by atoms with Crippen LogP contribution in [0.4, 0.5) is 5.69 Å². The zero-order valence-electron chi connectivity index (χ0n) is 15.2. The maximum absolute atomic E-state index is 12.5. The first-order valence-electron chi connectivity index (χ1n) is 8.79. The topological polar surface area (TPSA) is 59.2 Å².